The summed E-state index contributed by atoms with van der Waals surface area (Å²) in [5.74, 6) is 0.257. The first-order chi connectivity index (χ1) is 8.56. The number of aryl methyl sites for hydroxylation is 1. The lowest BCUT2D eigenvalue weighted by atomic mass is 10.1. The molecule has 0 aliphatic rings. The van der Waals surface area contributed by atoms with Crippen LogP contribution in [0.2, 0.25) is 5.02 Å². The molecule has 100 valence electrons. The topological polar surface area (TPSA) is 20.3 Å². The number of benzene rings is 1. The Morgan fingerprint density at radius 2 is 1.94 bits per heavy atom. The summed E-state index contributed by atoms with van der Waals surface area (Å²) in [7, 11) is 0. The molecule has 1 aromatic carbocycles. The molecule has 0 unspecified atom stereocenters. The molecule has 3 heteroatoms. The fourth-order valence-corrected chi connectivity index (χ4v) is 2.22. The quantitative estimate of drug-likeness (QED) is 0.754. The highest BCUT2D eigenvalue weighted by atomic mass is 35.5. The number of Topliss-reactive ketones (excluding diaryl/α,β-unsaturated/α-hetero) is 1. The molecule has 0 saturated carbocycles. The van der Waals surface area contributed by atoms with Crippen LogP contribution in [0.15, 0.2) is 18.2 Å². The maximum Gasteiger partial charge on any atom is 0.138 e. The summed E-state index contributed by atoms with van der Waals surface area (Å²) >= 11 is 6.13. The molecule has 0 N–H and O–H groups in total. The largest absolute Gasteiger partial charge is 0.303 e. The summed E-state index contributed by atoms with van der Waals surface area (Å²) in [5, 5.41) is 0.700. The van der Waals surface area contributed by atoms with E-state index in [0.717, 1.165) is 30.8 Å². The Balaban J connectivity index is 2.49. The summed E-state index contributed by atoms with van der Waals surface area (Å²) in [6.45, 7) is 9.06. The molecule has 0 saturated heterocycles. The predicted octanol–water partition coefficient (Wildman–Crippen LogP) is 3.49. The number of carbonyl (C=O) groups excluding carboxylic acids is 1. The van der Waals surface area contributed by atoms with Gasteiger partial charge in [-0.3, -0.25) is 4.79 Å². The van der Waals surface area contributed by atoms with Gasteiger partial charge in [0.1, 0.15) is 5.78 Å². The Bertz CT molecular complexity index is 399. The molecule has 0 heterocycles. The van der Waals surface area contributed by atoms with Gasteiger partial charge in [0, 0.05) is 24.4 Å². The van der Waals surface area contributed by atoms with Gasteiger partial charge in [0.05, 0.1) is 0 Å². The van der Waals surface area contributed by atoms with Crippen molar-refractivity contribution in [3.8, 4) is 0 Å². The number of halogens is 1. The minimum atomic E-state index is 0.257. The third-order valence-corrected chi connectivity index (χ3v) is 3.55. The first kappa shape index (κ1) is 15.2. The molecule has 0 atom stereocenters. The fraction of sp³-hybridized carbons (Fsp3) is 0.533. The van der Waals surface area contributed by atoms with Crippen LogP contribution in [-0.4, -0.2) is 30.3 Å². The van der Waals surface area contributed by atoms with Crippen molar-refractivity contribution in [2.45, 2.75) is 33.6 Å². The average Bonchev–Trinajstić information content (AvgIpc) is 2.34. The highest BCUT2D eigenvalue weighted by molar-refractivity contribution is 6.31. The Kier molecular flexibility index (Phi) is 6.37. The second-order valence-corrected chi connectivity index (χ2v) is 4.99. The van der Waals surface area contributed by atoms with Gasteiger partial charge in [-0.1, -0.05) is 37.6 Å². The maximum atomic E-state index is 11.9. The maximum absolute atomic E-state index is 11.9. The van der Waals surface area contributed by atoms with Crippen molar-refractivity contribution in [1.82, 2.24) is 4.90 Å². The standard InChI is InChI=1S/C15H22ClNO/c1-4-17(5-2)9-8-14(18)11-13-7-6-12(3)10-15(13)16/h6-7,10H,4-5,8-9,11H2,1-3H3. The highest BCUT2D eigenvalue weighted by Crippen LogP contribution is 2.18. The molecule has 0 fully saturated rings. The van der Waals surface area contributed by atoms with E-state index in [1.165, 1.54) is 0 Å². The Hall–Kier alpha value is -0.860. The molecule has 0 aromatic heterocycles. The van der Waals surface area contributed by atoms with Crippen molar-refractivity contribution in [3.63, 3.8) is 0 Å². The monoisotopic (exact) mass is 267 g/mol. The summed E-state index contributed by atoms with van der Waals surface area (Å²) in [5.41, 5.74) is 2.06. The molecule has 0 radical (unpaired) electrons. The van der Waals surface area contributed by atoms with E-state index in [9.17, 15) is 4.79 Å². The van der Waals surface area contributed by atoms with E-state index >= 15 is 0 Å². The molecule has 2 nitrogen and oxygen atoms in total. The van der Waals surface area contributed by atoms with Crippen LogP contribution in [0.5, 0.6) is 0 Å². The zero-order valence-electron chi connectivity index (χ0n) is 11.5. The van der Waals surface area contributed by atoms with E-state index in [-0.39, 0.29) is 5.78 Å². The van der Waals surface area contributed by atoms with Gasteiger partial charge >= 0.3 is 0 Å². The van der Waals surface area contributed by atoms with Gasteiger partial charge in [-0.25, -0.2) is 0 Å². The number of carbonyl (C=O) groups is 1. The average molecular weight is 268 g/mol. The van der Waals surface area contributed by atoms with Crippen LogP contribution >= 0.6 is 11.6 Å². The van der Waals surface area contributed by atoms with Gasteiger partial charge in [-0.05, 0) is 37.2 Å². The van der Waals surface area contributed by atoms with Gasteiger partial charge < -0.3 is 4.90 Å². The fourth-order valence-electron chi connectivity index (χ4n) is 1.92. The molecular weight excluding hydrogens is 246 g/mol. The number of ketones is 1. The molecule has 0 bridgehead atoms. The lowest BCUT2D eigenvalue weighted by molar-refractivity contribution is -0.118. The third-order valence-electron chi connectivity index (χ3n) is 3.20. The van der Waals surface area contributed by atoms with E-state index in [4.69, 9.17) is 11.6 Å². The van der Waals surface area contributed by atoms with E-state index < -0.39 is 0 Å². The first-order valence-corrected chi connectivity index (χ1v) is 6.93. The summed E-state index contributed by atoms with van der Waals surface area (Å²) < 4.78 is 0. The van der Waals surface area contributed by atoms with E-state index in [2.05, 4.69) is 18.7 Å². The second-order valence-electron chi connectivity index (χ2n) is 4.59. The Morgan fingerprint density at radius 3 is 2.50 bits per heavy atom. The normalized spacial score (nSPS) is 10.9. The van der Waals surface area contributed by atoms with Crippen LogP contribution in [0.1, 0.15) is 31.4 Å². The summed E-state index contributed by atoms with van der Waals surface area (Å²) in [6, 6.07) is 5.86. The van der Waals surface area contributed by atoms with Crippen molar-refractivity contribution in [3.05, 3.63) is 34.3 Å². The van der Waals surface area contributed by atoms with E-state index in [1.54, 1.807) is 0 Å². The van der Waals surface area contributed by atoms with E-state index in [0.29, 0.717) is 17.9 Å². The molecule has 1 rings (SSSR count). The SMILES string of the molecule is CCN(CC)CCC(=O)Cc1ccc(C)cc1Cl. The molecular formula is C15H22ClNO. The number of hydrogen-bond donors (Lipinski definition) is 0. The van der Waals surface area contributed by atoms with Crippen molar-refractivity contribution < 1.29 is 4.79 Å². The van der Waals surface area contributed by atoms with Crippen LogP contribution in [-0.2, 0) is 11.2 Å². The molecule has 0 spiro atoms. The lowest BCUT2D eigenvalue weighted by Crippen LogP contribution is -2.26. The van der Waals surface area contributed by atoms with Crippen LogP contribution in [0.25, 0.3) is 0 Å². The number of rotatable bonds is 7. The minimum Gasteiger partial charge on any atom is -0.303 e. The molecule has 0 aliphatic heterocycles. The van der Waals surface area contributed by atoms with Crippen molar-refractivity contribution >= 4 is 17.4 Å². The molecule has 0 amide bonds. The lowest BCUT2D eigenvalue weighted by Gasteiger charge is -2.17. The minimum absolute atomic E-state index is 0.257. The highest BCUT2D eigenvalue weighted by Gasteiger charge is 2.09. The van der Waals surface area contributed by atoms with Gasteiger partial charge in [0.2, 0.25) is 0 Å². The molecule has 18 heavy (non-hydrogen) atoms. The van der Waals surface area contributed by atoms with Gasteiger partial charge in [0.25, 0.3) is 0 Å². The Morgan fingerprint density at radius 1 is 1.28 bits per heavy atom. The molecule has 0 aliphatic carbocycles. The second kappa shape index (κ2) is 7.55. The van der Waals surface area contributed by atoms with Crippen LogP contribution < -0.4 is 0 Å². The van der Waals surface area contributed by atoms with Gasteiger partial charge in [-0.15, -0.1) is 0 Å². The summed E-state index contributed by atoms with van der Waals surface area (Å²) in [4.78, 5) is 14.2. The number of nitrogens with zero attached hydrogens (tertiary/aromatic N) is 1. The van der Waals surface area contributed by atoms with Crippen molar-refractivity contribution in [2.24, 2.45) is 0 Å². The van der Waals surface area contributed by atoms with Gasteiger partial charge in [0.15, 0.2) is 0 Å². The molecule has 1 aromatic rings. The van der Waals surface area contributed by atoms with Crippen LogP contribution in [0.3, 0.4) is 0 Å². The van der Waals surface area contributed by atoms with Crippen LogP contribution in [0, 0.1) is 6.92 Å². The van der Waals surface area contributed by atoms with Gasteiger partial charge in [-0.2, -0.15) is 0 Å². The predicted molar refractivity (Wildman–Crippen MR) is 77.3 cm³/mol. The third kappa shape index (κ3) is 4.79. The van der Waals surface area contributed by atoms with E-state index in [1.807, 2.05) is 25.1 Å². The van der Waals surface area contributed by atoms with Crippen LogP contribution in [0.4, 0.5) is 0 Å². The smallest absolute Gasteiger partial charge is 0.138 e. The first-order valence-electron chi connectivity index (χ1n) is 6.55. The van der Waals surface area contributed by atoms with Crippen molar-refractivity contribution in [1.29, 1.82) is 0 Å². The van der Waals surface area contributed by atoms with Crippen molar-refractivity contribution in [2.75, 3.05) is 19.6 Å². The zero-order valence-corrected chi connectivity index (χ0v) is 12.3. The number of hydrogen-bond acceptors (Lipinski definition) is 2. The zero-order chi connectivity index (χ0) is 13.5. The Labute approximate surface area is 115 Å². The summed E-state index contributed by atoms with van der Waals surface area (Å²) in [6.07, 6.45) is 1.05.